The zero-order valence-corrected chi connectivity index (χ0v) is 18.2. The van der Waals surface area contributed by atoms with Crippen LogP contribution in [0.2, 0.25) is 0 Å². The summed E-state index contributed by atoms with van der Waals surface area (Å²) in [4.78, 5) is 0. The zero-order chi connectivity index (χ0) is 19.6. The van der Waals surface area contributed by atoms with Crippen LogP contribution in [0.15, 0.2) is 108 Å². The Bertz CT molecular complexity index is 1010. The topological polar surface area (TPSA) is 17.1 Å². The van der Waals surface area contributed by atoms with E-state index in [-0.39, 0.29) is 11.6 Å². The summed E-state index contributed by atoms with van der Waals surface area (Å²) >= 11 is 3.49. The highest BCUT2D eigenvalue weighted by Gasteiger charge is 2.38. The van der Waals surface area contributed by atoms with Crippen molar-refractivity contribution in [2.45, 2.75) is 12.6 Å². The molecule has 0 amide bonds. The first-order valence-corrected chi connectivity index (χ1v) is 12.0. The fourth-order valence-corrected chi connectivity index (χ4v) is 7.45. The third kappa shape index (κ3) is 3.60. The standard InChI is InChI=1S/C25H22BrOP/c1-19-18-21(20-12-15-22(26)16-13-20)14-17-25(19)28(27,23-8-4-2-5-9-23)24-10-6-3-7-11-24/h2-19,25H,1H3. The van der Waals surface area contributed by atoms with Crippen molar-refractivity contribution >= 4 is 39.3 Å². The minimum absolute atomic E-state index is 0.0588. The van der Waals surface area contributed by atoms with Gasteiger partial charge in [0.05, 0.1) is 0 Å². The third-order valence-electron chi connectivity index (χ3n) is 5.33. The van der Waals surface area contributed by atoms with Gasteiger partial charge in [0.15, 0.2) is 0 Å². The minimum Gasteiger partial charge on any atom is -0.313 e. The van der Waals surface area contributed by atoms with Crippen molar-refractivity contribution in [1.29, 1.82) is 0 Å². The summed E-state index contributed by atoms with van der Waals surface area (Å²) in [6.07, 6.45) is 6.54. The van der Waals surface area contributed by atoms with Gasteiger partial charge in [0.25, 0.3) is 0 Å². The third-order valence-corrected chi connectivity index (χ3v) is 9.47. The van der Waals surface area contributed by atoms with Crippen LogP contribution in [-0.4, -0.2) is 5.66 Å². The molecule has 28 heavy (non-hydrogen) atoms. The summed E-state index contributed by atoms with van der Waals surface area (Å²) in [5.41, 5.74) is 2.31. The Morgan fingerprint density at radius 1 is 0.786 bits per heavy atom. The van der Waals surface area contributed by atoms with Gasteiger partial charge in [0.1, 0.15) is 7.14 Å². The quantitative estimate of drug-likeness (QED) is 0.420. The van der Waals surface area contributed by atoms with Gasteiger partial charge in [-0.2, -0.15) is 0 Å². The summed E-state index contributed by atoms with van der Waals surface area (Å²) in [5.74, 6) is 0.162. The highest BCUT2D eigenvalue weighted by atomic mass is 79.9. The molecule has 0 spiro atoms. The largest absolute Gasteiger partial charge is 0.313 e. The van der Waals surface area contributed by atoms with Crippen LogP contribution in [0.1, 0.15) is 12.5 Å². The lowest BCUT2D eigenvalue weighted by Gasteiger charge is -2.32. The van der Waals surface area contributed by atoms with E-state index in [0.717, 1.165) is 15.1 Å². The molecule has 3 aromatic carbocycles. The predicted molar refractivity (Wildman–Crippen MR) is 124 cm³/mol. The van der Waals surface area contributed by atoms with Crippen molar-refractivity contribution in [3.05, 3.63) is 113 Å². The van der Waals surface area contributed by atoms with Gasteiger partial charge in [0.2, 0.25) is 0 Å². The van der Waals surface area contributed by atoms with Crippen molar-refractivity contribution in [3.8, 4) is 0 Å². The molecule has 4 rings (SSSR count). The van der Waals surface area contributed by atoms with E-state index in [1.165, 1.54) is 11.1 Å². The van der Waals surface area contributed by atoms with Crippen LogP contribution in [0.5, 0.6) is 0 Å². The van der Waals surface area contributed by atoms with E-state index >= 15 is 0 Å². The van der Waals surface area contributed by atoms with E-state index in [9.17, 15) is 4.57 Å². The van der Waals surface area contributed by atoms with E-state index in [1.807, 2.05) is 60.7 Å². The van der Waals surface area contributed by atoms with Gasteiger partial charge < -0.3 is 4.57 Å². The number of halogens is 1. The van der Waals surface area contributed by atoms with Crippen LogP contribution in [-0.2, 0) is 4.57 Å². The average Bonchev–Trinajstić information content (AvgIpc) is 2.75. The van der Waals surface area contributed by atoms with E-state index < -0.39 is 7.14 Å². The molecule has 0 saturated heterocycles. The number of allylic oxidation sites excluding steroid dienone is 4. The molecule has 0 N–H and O–H groups in total. The molecule has 2 atom stereocenters. The molecule has 0 saturated carbocycles. The van der Waals surface area contributed by atoms with Crippen molar-refractivity contribution < 1.29 is 4.57 Å². The number of hydrogen-bond acceptors (Lipinski definition) is 1. The van der Waals surface area contributed by atoms with E-state index in [4.69, 9.17) is 0 Å². The minimum atomic E-state index is -2.82. The molecule has 0 heterocycles. The molecule has 2 unspecified atom stereocenters. The molecule has 0 aromatic heterocycles. The molecule has 0 bridgehead atoms. The van der Waals surface area contributed by atoms with Gasteiger partial charge in [-0.1, -0.05) is 114 Å². The molecular weight excluding hydrogens is 427 g/mol. The predicted octanol–water partition coefficient (Wildman–Crippen LogP) is 6.42. The first kappa shape index (κ1) is 19.2. The molecule has 1 aliphatic carbocycles. The molecule has 3 heteroatoms. The maximum Gasteiger partial charge on any atom is 0.150 e. The van der Waals surface area contributed by atoms with Gasteiger partial charge in [0, 0.05) is 20.7 Å². The Morgan fingerprint density at radius 3 is 1.82 bits per heavy atom. The lowest BCUT2D eigenvalue weighted by molar-refractivity contribution is 0.572. The van der Waals surface area contributed by atoms with Crippen molar-refractivity contribution in [2.24, 2.45) is 5.92 Å². The smallest absolute Gasteiger partial charge is 0.150 e. The molecule has 0 fully saturated rings. The van der Waals surface area contributed by atoms with Crippen LogP contribution >= 0.6 is 23.1 Å². The van der Waals surface area contributed by atoms with Crippen LogP contribution in [0, 0.1) is 5.92 Å². The molecule has 140 valence electrons. The fourth-order valence-electron chi connectivity index (χ4n) is 3.89. The highest BCUT2D eigenvalue weighted by Crippen LogP contribution is 2.53. The Kier molecular flexibility index (Phi) is 5.53. The Balaban J connectivity index is 1.76. The van der Waals surface area contributed by atoms with E-state index in [0.29, 0.717) is 0 Å². The maximum absolute atomic E-state index is 14.6. The van der Waals surface area contributed by atoms with Crippen molar-refractivity contribution in [3.63, 3.8) is 0 Å². The Hall–Kier alpha value is -2.15. The van der Waals surface area contributed by atoms with E-state index in [2.05, 4.69) is 65.3 Å². The summed E-state index contributed by atoms with van der Waals surface area (Å²) in [6, 6.07) is 28.2. The highest BCUT2D eigenvalue weighted by molar-refractivity contribution is 9.10. The second-order valence-corrected chi connectivity index (χ2v) is 11.0. The summed E-state index contributed by atoms with van der Waals surface area (Å²) in [5, 5.41) is 1.84. The molecule has 0 radical (unpaired) electrons. The fraction of sp³-hybridized carbons (Fsp3) is 0.120. The van der Waals surface area contributed by atoms with Crippen LogP contribution in [0.25, 0.3) is 5.57 Å². The van der Waals surface area contributed by atoms with Gasteiger partial charge in [-0.3, -0.25) is 0 Å². The van der Waals surface area contributed by atoms with Gasteiger partial charge in [-0.15, -0.1) is 0 Å². The first-order chi connectivity index (χ1) is 13.6. The lowest BCUT2D eigenvalue weighted by Crippen LogP contribution is -2.29. The second-order valence-electron chi connectivity index (χ2n) is 7.17. The Morgan fingerprint density at radius 2 is 1.32 bits per heavy atom. The van der Waals surface area contributed by atoms with Crippen molar-refractivity contribution in [1.82, 2.24) is 0 Å². The average molecular weight is 449 g/mol. The normalized spacial score (nSPS) is 19.3. The van der Waals surface area contributed by atoms with Gasteiger partial charge >= 0.3 is 0 Å². The monoisotopic (exact) mass is 448 g/mol. The van der Waals surface area contributed by atoms with Gasteiger partial charge in [-0.05, 0) is 29.2 Å². The molecule has 3 aromatic rings. The summed E-state index contributed by atoms with van der Waals surface area (Å²) < 4.78 is 15.7. The number of rotatable bonds is 4. The first-order valence-electron chi connectivity index (χ1n) is 9.46. The number of hydrogen-bond donors (Lipinski definition) is 0. The SMILES string of the molecule is CC1C=C(c2ccc(Br)cc2)C=CC1P(=O)(c1ccccc1)c1ccccc1. The molecular formula is C25H22BrOP. The Labute approximate surface area is 175 Å². The molecule has 0 aliphatic heterocycles. The van der Waals surface area contributed by atoms with Gasteiger partial charge in [-0.25, -0.2) is 0 Å². The van der Waals surface area contributed by atoms with Crippen LogP contribution in [0.4, 0.5) is 0 Å². The van der Waals surface area contributed by atoms with E-state index in [1.54, 1.807) is 0 Å². The van der Waals surface area contributed by atoms with Crippen LogP contribution in [0.3, 0.4) is 0 Å². The second kappa shape index (κ2) is 8.07. The zero-order valence-electron chi connectivity index (χ0n) is 15.7. The molecule has 1 nitrogen and oxygen atoms in total. The summed E-state index contributed by atoms with van der Waals surface area (Å²) in [7, 11) is -2.82. The number of benzene rings is 3. The maximum atomic E-state index is 14.6. The lowest BCUT2D eigenvalue weighted by atomic mass is 9.93. The van der Waals surface area contributed by atoms with Crippen LogP contribution < -0.4 is 10.6 Å². The van der Waals surface area contributed by atoms with Crippen molar-refractivity contribution in [2.75, 3.05) is 0 Å². The molecule has 1 aliphatic rings. The summed E-state index contributed by atoms with van der Waals surface area (Å²) in [6.45, 7) is 2.17.